The summed E-state index contributed by atoms with van der Waals surface area (Å²) in [6.07, 6.45) is 0. The molecule has 0 amide bonds. The van der Waals surface area contributed by atoms with Crippen molar-refractivity contribution in [3.8, 4) is 44.5 Å². The van der Waals surface area contributed by atoms with E-state index in [-0.39, 0.29) is 17.3 Å². The molecule has 1 heterocycles. The Labute approximate surface area is 395 Å². The first-order chi connectivity index (χ1) is 33.0. The van der Waals surface area contributed by atoms with Gasteiger partial charge >= 0.3 is 0 Å². The highest BCUT2D eigenvalue weighted by atomic mass is 32.1. The van der Waals surface area contributed by atoms with Gasteiger partial charge in [0.25, 0.3) is 0 Å². The minimum atomic E-state index is -0.113. The van der Waals surface area contributed by atoms with Crippen LogP contribution in [-0.2, 0) is 5.41 Å². The van der Waals surface area contributed by atoms with Gasteiger partial charge in [0.05, 0.1) is 5.69 Å². The van der Waals surface area contributed by atoms with Crippen LogP contribution < -0.4 is 4.90 Å². The number of hydrogen-bond donors (Lipinski definition) is 0. The molecule has 67 heavy (non-hydrogen) atoms. The number of benzene rings is 10. The quantitative estimate of drug-likeness (QED) is 0.161. The van der Waals surface area contributed by atoms with E-state index in [1.54, 1.807) is 0 Å². The normalized spacial score (nSPS) is 15.7. The molecule has 10 aromatic carbocycles. The lowest BCUT2D eigenvalue weighted by Gasteiger charge is -2.44. The first kappa shape index (κ1) is 38.5. The van der Waals surface area contributed by atoms with E-state index in [1.165, 1.54) is 115 Å². The van der Waals surface area contributed by atoms with Crippen molar-refractivity contribution in [3.63, 3.8) is 0 Å². The van der Waals surface area contributed by atoms with E-state index in [4.69, 9.17) is 0 Å². The second-order valence-corrected chi connectivity index (χ2v) is 20.1. The smallest absolute Gasteiger partial charge is 0.0543 e. The van der Waals surface area contributed by atoms with Crippen molar-refractivity contribution in [2.75, 3.05) is 4.90 Å². The standard InChI is InChI=1S/C65H45NS/c1-65(2)54-25-12-10-22-52(54)62-55(65)26-15-27-56(62)66(43-34-30-41(31-35-43)40-16-4-3-5-17-40)44-36-32-42(33-37-44)45-38-39-51(46-24-14-29-58-59(46)53-23-11-13-28-57(53)67-58)64-61-49-20-8-6-18-47(49)60(63(45)64)48-19-7-9-21-50(48)61/h3-39,60-61H,1-2H3. The molecule has 0 radical (unpaired) electrons. The Morgan fingerprint density at radius 3 is 1.58 bits per heavy atom. The minimum Gasteiger partial charge on any atom is -0.310 e. The predicted molar refractivity (Wildman–Crippen MR) is 283 cm³/mol. The summed E-state index contributed by atoms with van der Waals surface area (Å²) in [6, 6.07) is 84.4. The Hall–Kier alpha value is -7.78. The van der Waals surface area contributed by atoms with E-state index < -0.39 is 0 Å². The van der Waals surface area contributed by atoms with Crippen LogP contribution in [0.2, 0.25) is 0 Å². The van der Waals surface area contributed by atoms with Crippen LogP contribution >= 0.6 is 11.3 Å². The van der Waals surface area contributed by atoms with E-state index in [1.807, 2.05) is 11.3 Å². The van der Waals surface area contributed by atoms with Crippen LogP contribution in [0.3, 0.4) is 0 Å². The monoisotopic (exact) mass is 871 g/mol. The fourth-order valence-electron chi connectivity index (χ4n) is 12.3. The molecule has 0 fully saturated rings. The first-order valence-corrected chi connectivity index (χ1v) is 24.4. The Morgan fingerprint density at radius 2 is 0.881 bits per heavy atom. The Morgan fingerprint density at radius 1 is 0.373 bits per heavy atom. The molecule has 1 nitrogen and oxygen atoms in total. The van der Waals surface area contributed by atoms with Gasteiger partial charge in [-0.2, -0.15) is 0 Å². The Bertz CT molecular complexity index is 3730. The van der Waals surface area contributed by atoms with Gasteiger partial charge < -0.3 is 4.90 Å². The summed E-state index contributed by atoms with van der Waals surface area (Å²) < 4.78 is 2.67. The maximum absolute atomic E-state index is 2.48. The molecule has 4 aliphatic carbocycles. The van der Waals surface area contributed by atoms with E-state index in [0.717, 1.165) is 11.4 Å². The third-order valence-electron chi connectivity index (χ3n) is 15.3. The molecule has 0 atom stereocenters. The number of anilines is 3. The van der Waals surface area contributed by atoms with Gasteiger partial charge in [-0.3, -0.25) is 0 Å². The van der Waals surface area contributed by atoms with Crippen molar-refractivity contribution in [2.24, 2.45) is 0 Å². The number of hydrogen-bond acceptors (Lipinski definition) is 2. The molecule has 0 saturated carbocycles. The van der Waals surface area contributed by atoms with Crippen LogP contribution in [0.4, 0.5) is 17.1 Å². The summed E-state index contributed by atoms with van der Waals surface area (Å²) in [4.78, 5) is 2.48. The van der Waals surface area contributed by atoms with Crippen LogP contribution in [0.15, 0.2) is 224 Å². The number of thiophene rings is 1. The van der Waals surface area contributed by atoms with Crippen molar-refractivity contribution < 1.29 is 0 Å². The third-order valence-corrected chi connectivity index (χ3v) is 16.4. The van der Waals surface area contributed by atoms with E-state index >= 15 is 0 Å². The molecule has 0 spiro atoms. The molecule has 0 N–H and O–H groups in total. The highest BCUT2D eigenvalue weighted by molar-refractivity contribution is 7.25. The van der Waals surface area contributed by atoms with Crippen molar-refractivity contribution in [1.82, 2.24) is 0 Å². The molecule has 0 unspecified atom stereocenters. The Kier molecular flexibility index (Phi) is 8.39. The molecular formula is C65H45NS. The van der Waals surface area contributed by atoms with Crippen LogP contribution in [-0.4, -0.2) is 0 Å². The minimum absolute atomic E-state index is 0.113. The Balaban J connectivity index is 0.970. The summed E-state index contributed by atoms with van der Waals surface area (Å²) in [6.45, 7) is 4.74. The molecule has 4 aliphatic rings. The maximum Gasteiger partial charge on any atom is 0.0543 e. The number of rotatable bonds is 6. The van der Waals surface area contributed by atoms with E-state index in [9.17, 15) is 0 Å². The van der Waals surface area contributed by atoms with Gasteiger partial charge in [-0.05, 0) is 126 Å². The fraction of sp³-hybridized carbons (Fsp3) is 0.0769. The summed E-state index contributed by atoms with van der Waals surface area (Å²) in [5.41, 5.74) is 25.0. The van der Waals surface area contributed by atoms with E-state index in [2.05, 4.69) is 243 Å². The van der Waals surface area contributed by atoms with Crippen LogP contribution in [0.1, 0.15) is 70.2 Å². The van der Waals surface area contributed by atoms with Gasteiger partial charge in [-0.25, -0.2) is 0 Å². The number of fused-ring (bicyclic) bond motifs is 6. The van der Waals surface area contributed by atoms with Crippen molar-refractivity contribution >= 4 is 48.6 Å². The molecule has 2 heteroatoms. The van der Waals surface area contributed by atoms with Crippen LogP contribution in [0, 0.1) is 0 Å². The van der Waals surface area contributed by atoms with Crippen molar-refractivity contribution in [2.45, 2.75) is 31.1 Å². The van der Waals surface area contributed by atoms with Gasteiger partial charge in [-0.1, -0.05) is 196 Å². The second kappa shape index (κ2) is 14.6. The SMILES string of the molecule is CC1(C)c2ccccc2-c2c(N(c3ccc(-c4ccccc4)cc3)c3ccc(-c4ccc(-c5cccc6sc7ccccc7c56)c5c4C4c6ccccc6C5c5ccccc54)cc3)cccc21. The first-order valence-electron chi connectivity index (χ1n) is 23.6. The van der Waals surface area contributed by atoms with Gasteiger partial charge in [0, 0.05) is 54.4 Å². The topological polar surface area (TPSA) is 3.24 Å². The van der Waals surface area contributed by atoms with Crippen LogP contribution in [0.25, 0.3) is 64.7 Å². The molecule has 15 rings (SSSR count). The largest absolute Gasteiger partial charge is 0.310 e. The predicted octanol–water partition coefficient (Wildman–Crippen LogP) is 17.8. The van der Waals surface area contributed by atoms with E-state index in [0.29, 0.717) is 0 Å². The number of nitrogens with zero attached hydrogens (tertiary/aromatic N) is 1. The van der Waals surface area contributed by atoms with Crippen molar-refractivity contribution in [3.05, 3.63) is 269 Å². The van der Waals surface area contributed by atoms with Crippen LogP contribution in [0.5, 0.6) is 0 Å². The zero-order valence-electron chi connectivity index (χ0n) is 37.4. The average molecular weight is 872 g/mol. The van der Waals surface area contributed by atoms with Gasteiger partial charge in [0.2, 0.25) is 0 Å². The average Bonchev–Trinajstić information content (AvgIpc) is 3.89. The summed E-state index contributed by atoms with van der Waals surface area (Å²) in [5.74, 6) is 0.249. The summed E-state index contributed by atoms with van der Waals surface area (Å²) in [5, 5.41) is 2.70. The molecule has 2 bridgehead atoms. The second-order valence-electron chi connectivity index (χ2n) is 19.1. The molecule has 316 valence electrons. The molecular weight excluding hydrogens is 827 g/mol. The molecule has 1 aromatic heterocycles. The summed E-state index contributed by atoms with van der Waals surface area (Å²) in [7, 11) is 0. The lowest BCUT2D eigenvalue weighted by atomic mass is 9.58. The summed E-state index contributed by atoms with van der Waals surface area (Å²) >= 11 is 1.90. The zero-order valence-corrected chi connectivity index (χ0v) is 38.2. The van der Waals surface area contributed by atoms with Crippen molar-refractivity contribution in [1.29, 1.82) is 0 Å². The highest BCUT2D eigenvalue weighted by Gasteiger charge is 2.44. The maximum atomic E-state index is 2.48. The molecule has 11 aromatic rings. The zero-order chi connectivity index (χ0) is 44.4. The van der Waals surface area contributed by atoms with Gasteiger partial charge in [-0.15, -0.1) is 11.3 Å². The lowest BCUT2D eigenvalue weighted by Crippen LogP contribution is -2.28. The third kappa shape index (κ3) is 5.60. The van der Waals surface area contributed by atoms with Gasteiger partial charge in [0.1, 0.15) is 0 Å². The highest BCUT2D eigenvalue weighted by Crippen LogP contribution is 2.61. The fourth-order valence-corrected chi connectivity index (χ4v) is 13.5. The molecule has 0 aliphatic heterocycles. The lowest BCUT2D eigenvalue weighted by molar-refractivity contribution is 0.660. The molecule has 0 saturated heterocycles. The van der Waals surface area contributed by atoms with Gasteiger partial charge in [0.15, 0.2) is 0 Å².